The molecule has 1 rings (SSSR count). The van der Waals surface area contributed by atoms with E-state index in [0.717, 1.165) is 5.57 Å². The Bertz CT molecular complexity index is 172. The molecule has 2 nitrogen and oxygen atoms in total. The Morgan fingerprint density at radius 1 is 1.67 bits per heavy atom. The van der Waals surface area contributed by atoms with E-state index in [1.165, 1.54) is 6.34 Å². The topological polar surface area (TPSA) is 24.4 Å². The summed E-state index contributed by atoms with van der Waals surface area (Å²) in [6.45, 7) is 1.81. The first kappa shape index (κ1) is 6.90. The van der Waals surface area contributed by atoms with E-state index in [-0.39, 0.29) is 0 Å². The van der Waals surface area contributed by atoms with Gasteiger partial charge in [0, 0.05) is 11.8 Å². The molecule has 1 heterocycles. The normalized spacial score (nSPS) is 22.8. The molecule has 0 saturated carbocycles. The number of nitrogens with zero attached hydrogens (tertiary/aromatic N) is 1. The molecule has 0 bridgehead atoms. The van der Waals surface area contributed by atoms with Crippen LogP contribution in [-0.2, 0) is 0 Å². The molecule has 1 aliphatic heterocycles. The number of hydrogen-bond donors (Lipinski definition) is 1. The van der Waals surface area contributed by atoms with Crippen molar-refractivity contribution < 1.29 is 0 Å². The molecule has 0 aromatic heterocycles. The molecule has 0 saturated heterocycles. The second-order valence-corrected chi connectivity index (χ2v) is 3.08. The molecule has 0 amide bonds. The highest BCUT2D eigenvalue weighted by atomic mass is 35.5. The Morgan fingerprint density at radius 3 is 2.67 bits per heavy atom. The van der Waals surface area contributed by atoms with E-state index in [2.05, 4.69) is 10.3 Å². The van der Waals surface area contributed by atoms with Crippen molar-refractivity contribution in [2.45, 2.75) is 11.4 Å². The minimum atomic E-state index is -1.05. The summed E-state index contributed by atoms with van der Waals surface area (Å²) in [6.07, 6.45) is 3.18. The van der Waals surface area contributed by atoms with Crippen molar-refractivity contribution in [3.63, 3.8) is 0 Å². The predicted molar refractivity (Wildman–Crippen MR) is 39.8 cm³/mol. The highest BCUT2D eigenvalue weighted by Crippen LogP contribution is 2.31. The van der Waals surface area contributed by atoms with Crippen LogP contribution in [0.3, 0.4) is 0 Å². The molecule has 50 valence electrons. The lowest BCUT2D eigenvalue weighted by atomic mass is 10.3. The van der Waals surface area contributed by atoms with E-state index in [0.29, 0.717) is 0 Å². The van der Waals surface area contributed by atoms with Gasteiger partial charge in [-0.1, -0.05) is 23.2 Å². The van der Waals surface area contributed by atoms with Crippen molar-refractivity contribution in [1.82, 2.24) is 5.32 Å². The van der Waals surface area contributed by atoms with E-state index >= 15 is 0 Å². The van der Waals surface area contributed by atoms with Crippen LogP contribution in [-0.4, -0.2) is 10.8 Å². The molecule has 0 aromatic carbocycles. The minimum Gasteiger partial charge on any atom is -0.353 e. The fourth-order valence-corrected chi connectivity index (χ4v) is 0.676. The van der Waals surface area contributed by atoms with Crippen molar-refractivity contribution in [3.05, 3.63) is 11.8 Å². The predicted octanol–water partition coefficient (Wildman–Crippen LogP) is 1.65. The number of aliphatic imine (C=N–C) groups is 1. The van der Waals surface area contributed by atoms with Crippen LogP contribution < -0.4 is 5.32 Å². The van der Waals surface area contributed by atoms with Crippen LogP contribution in [0.1, 0.15) is 6.92 Å². The number of alkyl halides is 2. The largest absolute Gasteiger partial charge is 0.353 e. The molecule has 4 heteroatoms. The Hall–Kier alpha value is -0.210. The molecule has 0 aromatic rings. The zero-order chi connectivity index (χ0) is 6.91. The average molecular weight is 165 g/mol. The van der Waals surface area contributed by atoms with Gasteiger partial charge in [-0.2, -0.15) is 0 Å². The zero-order valence-electron chi connectivity index (χ0n) is 4.86. The molecule has 0 fully saturated rings. The van der Waals surface area contributed by atoms with E-state index in [1.54, 1.807) is 6.20 Å². The smallest absolute Gasteiger partial charge is 0.232 e. The van der Waals surface area contributed by atoms with Crippen molar-refractivity contribution >= 4 is 29.5 Å². The van der Waals surface area contributed by atoms with Crippen LogP contribution >= 0.6 is 23.2 Å². The molecule has 9 heavy (non-hydrogen) atoms. The fourth-order valence-electron chi connectivity index (χ4n) is 0.469. The summed E-state index contributed by atoms with van der Waals surface area (Å²) < 4.78 is -1.05. The first-order valence-electron chi connectivity index (χ1n) is 2.48. The molecular weight excluding hydrogens is 159 g/mol. The van der Waals surface area contributed by atoms with Gasteiger partial charge >= 0.3 is 0 Å². The molecule has 1 aliphatic rings. The van der Waals surface area contributed by atoms with Crippen molar-refractivity contribution in [2.24, 2.45) is 4.99 Å². The van der Waals surface area contributed by atoms with Gasteiger partial charge in [-0.25, -0.2) is 4.99 Å². The maximum absolute atomic E-state index is 5.68. The molecule has 0 atom stereocenters. The van der Waals surface area contributed by atoms with Gasteiger partial charge in [0.15, 0.2) is 0 Å². The summed E-state index contributed by atoms with van der Waals surface area (Å²) in [5.41, 5.74) is 0.799. The van der Waals surface area contributed by atoms with Gasteiger partial charge in [0.1, 0.15) is 0 Å². The lowest BCUT2D eigenvalue weighted by Gasteiger charge is -2.17. The lowest BCUT2D eigenvalue weighted by Crippen LogP contribution is -2.21. The summed E-state index contributed by atoms with van der Waals surface area (Å²) in [4.78, 5) is 3.77. The number of halogens is 2. The third-order valence-electron chi connectivity index (χ3n) is 1.08. The minimum absolute atomic E-state index is 0.799. The molecule has 0 aliphatic carbocycles. The third kappa shape index (κ3) is 1.37. The Balaban J connectivity index is 2.83. The first-order valence-corrected chi connectivity index (χ1v) is 3.23. The first-order chi connectivity index (χ1) is 4.13. The van der Waals surface area contributed by atoms with Gasteiger partial charge in [-0.05, 0) is 6.92 Å². The summed E-state index contributed by atoms with van der Waals surface area (Å²) >= 11 is 11.4. The van der Waals surface area contributed by atoms with Gasteiger partial charge in [0.25, 0.3) is 0 Å². The molecule has 0 radical (unpaired) electrons. The summed E-state index contributed by atoms with van der Waals surface area (Å²) in [5.74, 6) is 0. The Labute approximate surface area is 63.6 Å². The number of hydrogen-bond acceptors (Lipinski definition) is 2. The van der Waals surface area contributed by atoms with E-state index in [9.17, 15) is 0 Å². The number of nitrogens with one attached hydrogen (secondary N) is 1. The van der Waals surface area contributed by atoms with Crippen molar-refractivity contribution in [2.75, 3.05) is 0 Å². The average Bonchev–Trinajstić information content (AvgIpc) is 1.77. The number of rotatable bonds is 0. The molecule has 1 N–H and O–H groups in total. The van der Waals surface area contributed by atoms with Gasteiger partial charge in [-0.3, -0.25) is 0 Å². The van der Waals surface area contributed by atoms with Crippen LogP contribution in [0.4, 0.5) is 0 Å². The molecule has 0 unspecified atom stereocenters. The quantitative estimate of drug-likeness (QED) is 0.428. The zero-order valence-corrected chi connectivity index (χ0v) is 6.37. The summed E-state index contributed by atoms with van der Waals surface area (Å²) in [5, 5.41) is 2.77. The fraction of sp³-hybridized carbons (Fsp3) is 0.400. The van der Waals surface area contributed by atoms with Crippen molar-refractivity contribution in [3.8, 4) is 0 Å². The van der Waals surface area contributed by atoms with Crippen LogP contribution in [0.2, 0.25) is 0 Å². The SMILES string of the molecule is CC1=CNC=NC1(Cl)Cl. The second kappa shape index (κ2) is 2.20. The van der Waals surface area contributed by atoms with Gasteiger partial charge < -0.3 is 5.32 Å². The second-order valence-electron chi connectivity index (χ2n) is 1.79. The molecular formula is C5H6Cl2N2. The highest BCUT2D eigenvalue weighted by Gasteiger charge is 2.25. The van der Waals surface area contributed by atoms with Gasteiger partial charge in [0.05, 0.1) is 6.34 Å². The van der Waals surface area contributed by atoms with E-state index < -0.39 is 4.46 Å². The standard InChI is InChI=1S/C5H6Cl2N2/c1-4-2-8-3-9-5(4,6)7/h2-3H,1H3,(H,8,9). The van der Waals surface area contributed by atoms with Gasteiger partial charge in [-0.15, -0.1) is 0 Å². The summed E-state index contributed by atoms with van der Waals surface area (Å²) in [6, 6.07) is 0. The van der Waals surface area contributed by atoms with E-state index in [4.69, 9.17) is 23.2 Å². The summed E-state index contributed by atoms with van der Waals surface area (Å²) in [7, 11) is 0. The maximum Gasteiger partial charge on any atom is 0.232 e. The maximum atomic E-state index is 5.68. The van der Waals surface area contributed by atoms with Gasteiger partial charge in [0.2, 0.25) is 4.46 Å². The third-order valence-corrected chi connectivity index (χ3v) is 1.87. The highest BCUT2D eigenvalue weighted by molar-refractivity contribution is 6.50. The lowest BCUT2D eigenvalue weighted by molar-refractivity contribution is 0.913. The van der Waals surface area contributed by atoms with Crippen molar-refractivity contribution in [1.29, 1.82) is 0 Å². The van der Waals surface area contributed by atoms with E-state index in [1.807, 2.05) is 6.92 Å². The van der Waals surface area contributed by atoms with Crippen LogP contribution in [0.25, 0.3) is 0 Å². The van der Waals surface area contributed by atoms with Crippen LogP contribution in [0.5, 0.6) is 0 Å². The Kier molecular flexibility index (Phi) is 1.68. The van der Waals surface area contributed by atoms with Crippen LogP contribution in [0.15, 0.2) is 16.8 Å². The molecule has 0 spiro atoms. The van der Waals surface area contributed by atoms with Crippen LogP contribution in [0, 0.1) is 0 Å². The Morgan fingerprint density at radius 2 is 2.33 bits per heavy atom. The monoisotopic (exact) mass is 164 g/mol.